The van der Waals surface area contributed by atoms with Crippen molar-refractivity contribution >= 4 is 144 Å². The van der Waals surface area contributed by atoms with Crippen LogP contribution in [0.3, 0.4) is 0 Å². The van der Waals surface area contributed by atoms with Gasteiger partial charge in [0.1, 0.15) is 0 Å². The lowest BCUT2D eigenvalue weighted by Crippen LogP contribution is -2.61. The van der Waals surface area contributed by atoms with Crippen LogP contribution in [-0.2, 0) is 5.41 Å². The molecule has 0 spiro atoms. The minimum atomic E-state index is -0.246. The Morgan fingerprint density at radius 2 is 0.604 bits per heavy atom. The van der Waals surface area contributed by atoms with Crippen LogP contribution in [0.1, 0.15) is 26.3 Å². The first-order valence-corrected chi connectivity index (χ1v) is 31.9. The summed E-state index contributed by atoms with van der Waals surface area (Å²) in [5.74, 6) is 0. The number of anilines is 6. The molecule has 15 aromatic carbocycles. The predicted molar refractivity (Wildman–Crippen MR) is 389 cm³/mol. The minimum Gasteiger partial charge on any atom is -0.311 e. The zero-order valence-corrected chi connectivity index (χ0v) is 50.7. The molecule has 2 aromatic heterocycles. The first-order valence-electron chi connectivity index (χ1n) is 31.9. The third-order valence-corrected chi connectivity index (χ3v) is 20.0. The van der Waals surface area contributed by atoms with Crippen LogP contribution in [0.4, 0.5) is 34.1 Å². The SMILES string of the molecule is CC(C)(C)c1cc2c3c(c1)N(c1ccccc1-c1ccccc1)c1cc(-n4c5ccc6ccccc6c5c5c6ccccc6ccc54)ccc1B3c1ccc(-n3c4ccc5ccccc5c4c4c5ccccc5ccc43)cc1N2c1ccccc1-c1ccccc1. The van der Waals surface area contributed by atoms with Crippen molar-refractivity contribution in [3.8, 4) is 33.6 Å². The Kier molecular flexibility index (Phi) is 11.1. The van der Waals surface area contributed by atoms with Gasteiger partial charge < -0.3 is 18.9 Å². The summed E-state index contributed by atoms with van der Waals surface area (Å²) in [5.41, 5.74) is 23.3. The van der Waals surface area contributed by atoms with Gasteiger partial charge in [-0.25, -0.2) is 0 Å². The van der Waals surface area contributed by atoms with Gasteiger partial charge in [-0.05, 0) is 154 Å². The van der Waals surface area contributed by atoms with Crippen molar-refractivity contribution in [1.82, 2.24) is 9.13 Å². The summed E-state index contributed by atoms with van der Waals surface area (Å²) < 4.78 is 5.08. The van der Waals surface area contributed by atoms with Gasteiger partial charge in [-0.3, -0.25) is 0 Å². The molecule has 4 nitrogen and oxygen atoms in total. The molecule has 426 valence electrons. The molecular weight excluding hydrogens is 1100 g/mol. The summed E-state index contributed by atoms with van der Waals surface area (Å²) in [4.78, 5) is 5.27. The Hall–Kier alpha value is -11.4. The summed E-state index contributed by atoms with van der Waals surface area (Å²) >= 11 is 0. The number of para-hydroxylation sites is 2. The maximum absolute atomic E-state index is 2.64. The van der Waals surface area contributed by atoms with Gasteiger partial charge in [-0.1, -0.05) is 251 Å². The molecule has 19 rings (SSSR count). The van der Waals surface area contributed by atoms with E-state index in [-0.39, 0.29) is 12.1 Å². The van der Waals surface area contributed by atoms with Crippen LogP contribution in [-0.4, -0.2) is 15.8 Å². The van der Waals surface area contributed by atoms with E-state index in [4.69, 9.17) is 0 Å². The van der Waals surface area contributed by atoms with Gasteiger partial charge in [0, 0.05) is 66.8 Å². The Labute approximate surface area is 528 Å². The van der Waals surface area contributed by atoms with Crippen molar-refractivity contribution < 1.29 is 0 Å². The van der Waals surface area contributed by atoms with Gasteiger partial charge in [0.2, 0.25) is 0 Å². The highest BCUT2D eigenvalue weighted by molar-refractivity contribution is 7.00. The Morgan fingerprint density at radius 3 is 0.967 bits per heavy atom. The van der Waals surface area contributed by atoms with Crippen molar-refractivity contribution in [1.29, 1.82) is 0 Å². The monoisotopic (exact) mass is 1160 g/mol. The zero-order chi connectivity index (χ0) is 60.2. The fraction of sp³-hybridized carbons (Fsp3) is 0.0465. The molecule has 17 aromatic rings. The molecule has 0 atom stereocenters. The number of hydrogen-bond donors (Lipinski definition) is 0. The number of aromatic nitrogens is 2. The van der Waals surface area contributed by atoms with Gasteiger partial charge in [0.15, 0.2) is 0 Å². The molecule has 4 heterocycles. The minimum absolute atomic E-state index is 0.163. The van der Waals surface area contributed by atoms with Crippen molar-refractivity contribution in [2.75, 3.05) is 9.80 Å². The van der Waals surface area contributed by atoms with E-state index in [0.717, 1.165) is 34.1 Å². The summed E-state index contributed by atoms with van der Waals surface area (Å²) in [7, 11) is 0. The molecule has 0 radical (unpaired) electrons. The second kappa shape index (κ2) is 19.6. The van der Waals surface area contributed by atoms with E-state index in [1.165, 1.54) is 142 Å². The summed E-state index contributed by atoms with van der Waals surface area (Å²) in [6, 6.07) is 114. The molecule has 2 aliphatic heterocycles. The van der Waals surface area contributed by atoms with Crippen molar-refractivity contribution in [2.24, 2.45) is 0 Å². The fourth-order valence-corrected chi connectivity index (χ4v) is 15.9. The Balaban J connectivity index is 0.942. The Bertz CT molecular complexity index is 5370. The normalized spacial score (nSPS) is 12.9. The van der Waals surface area contributed by atoms with Gasteiger partial charge in [-0.15, -0.1) is 0 Å². The fourth-order valence-electron chi connectivity index (χ4n) is 15.9. The number of hydrogen-bond acceptors (Lipinski definition) is 2. The molecule has 0 fully saturated rings. The maximum Gasteiger partial charge on any atom is 0.252 e. The Morgan fingerprint density at radius 1 is 0.275 bits per heavy atom. The first kappa shape index (κ1) is 51.6. The van der Waals surface area contributed by atoms with Crippen LogP contribution >= 0.6 is 0 Å². The van der Waals surface area contributed by atoms with E-state index < -0.39 is 0 Å². The standard InChI is InChI=1S/C86H59BN4/c1-86(2,3)60-50-79-85-80(51-60)91(72-37-21-19-31-64(72)55-24-8-5-9-25-55)78-53-62(89-75-48-40-58-28-12-16-34-67(58)83(75)84-68-35-17-13-29-59(68)41-49-76(84)89)43-45-70(78)87(85)69-44-42-61(52-77(69)90(79)71-36-20-18-30-63(71)54-22-6-4-7-23-54)88-73-46-38-56-26-10-14-32-65(56)81(73)82-66-33-15-11-27-57(66)39-47-74(82)88/h4-53H,1-3H3. The third kappa shape index (κ3) is 7.59. The highest BCUT2D eigenvalue weighted by Gasteiger charge is 2.45. The molecule has 0 bridgehead atoms. The third-order valence-electron chi connectivity index (χ3n) is 20.0. The largest absolute Gasteiger partial charge is 0.311 e. The van der Waals surface area contributed by atoms with Crippen molar-refractivity contribution in [2.45, 2.75) is 26.2 Å². The average molecular weight is 1160 g/mol. The molecule has 91 heavy (non-hydrogen) atoms. The second-order valence-corrected chi connectivity index (χ2v) is 25.9. The molecule has 0 N–H and O–H groups in total. The van der Waals surface area contributed by atoms with Crippen LogP contribution in [0.25, 0.3) is 120 Å². The van der Waals surface area contributed by atoms with Crippen molar-refractivity contribution in [3.05, 3.63) is 309 Å². The molecule has 0 aliphatic carbocycles. The lowest BCUT2D eigenvalue weighted by molar-refractivity contribution is 0.590. The van der Waals surface area contributed by atoms with E-state index >= 15 is 0 Å². The molecule has 5 heteroatoms. The molecule has 0 amide bonds. The van der Waals surface area contributed by atoms with Crippen LogP contribution in [0.2, 0.25) is 0 Å². The second-order valence-electron chi connectivity index (χ2n) is 25.9. The van der Waals surface area contributed by atoms with E-state index in [1.807, 2.05) is 0 Å². The highest BCUT2D eigenvalue weighted by atomic mass is 15.2. The zero-order valence-electron chi connectivity index (χ0n) is 50.7. The number of rotatable bonds is 6. The highest BCUT2D eigenvalue weighted by Crippen LogP contribution is 2.52. The summed E-state index contributed by atoms with van der Waals surface area (Å²) in [5, 5.41) is 15.1. The molecule has 0 saturated heterocycles. The summed E-state index contributed by atoms with van der Waals surface area (Å²) in [6.07, 6.45) is 0. The smallest absolute Gasteiger partial charge is 0.252 e. The molecule has 2 aliphatic rings. The van der Waals surface area contributed by atoms with E-state index in [1.54, 1.807) is 0 Å². The van der Waals surface area contributed by atoms with Crippen molar-refractivity contribution in [3.63, 3.8) is 0 Å². The average Bonchev–Trinajstić information content (AvgIpc) is 1.05. The maximum atomic E-state index is 2.64. The van der Waals surface area contributed by atoms with Gasteiger partial charge in [0.05, 0.1) is 33.4 Å². The first-order chi connectivity index (χ1) is 44.8. The van der Waals surface area contributed by atoms with E-state index in [0.29, 0.717) is 0 Å². The van der Waals surface area contributed by atoms with Crippen LogP contribution < -0.4 is 26.2 Å². The van der Waals surface area contributed by atoms with Gasteiger partial charge in [0.25, 0.3) is 6.71 Å². The van der Waals surface area contributed by atoms with Crippen LogP contribution in [0, 0.1) is 0 Å². The summed E-state index contributed by atoms with van der Waals surface area (Å²) in [6.45, 7) is 6.96. The van der Waals surface area contributed by atoms with Crippen LogP contribution in [0.15, 0.2) is 303 Å². The topological polar surface area (TPSA) is 16.3 Å². The molecule has 0 saturated carbocycles. The lowest BCUT2D eigenvalue weighted by atomic mass is 9.33. The van der Waals surface area contributed by atoms with Gasteiger partial charge >= 0.3 is 0 Å². The van der Waals surface area contributed by atoms with E-state index in [9.17, 15) is 0 Å². The lowest BCUT2D eigenvalue weighted by Gasteiger charge is -2.46. The quantitative estimate of drug-likeness (QED) is 0.154. The molecule has 0 unspecified atom stereocenters. The van der Waals surface area contributed by atoms with Gasteiger partial charge in [-0.2, -0.15) is 0 Å². The van der Waals surface area contributed by atoms with Crippen LogP contribution in [0.5, 0.6) is 0 Å². The molecular formula is C86H59BN4. The number of benzene rings is 15. The van der Waals surface area contributed by atoms with E-state index in [2.05, 4.69) is 343 Å². The predicted octanol–water partition coefficient (Wildman–Crippen LogP) is 21.2. The number of nitrogens with zero attached hydrogens (tertiary/aromatic N) is 4. The number of fused-ring (bicyclic) bond motifs is 18.